The number of piperidine rings is 1. The standard InChI is InChI=1S/C11H14ClN.CH5N/c12-11-3-1-9(2-4-11)10-5-7-13-8-6-10;1-2/h1-4,10,13H,5-8H2;2H2,1H3. The second kappa shape index (κ2) is 6.83. The fourth-order valence-corrected chi connectivity index (χ4v) is 2.02. The Morgan fingerprint density at radius 2 is 1.67 bits per heavy atom. The molecule has 1 aliphatic heterocycles. The van der Waals surface area contributed by atoms with Gasteiger partial charge in [0.1, 0.15) is 0 Å². The molecule has 1 saturated heterocycles. The van der Waals surface area contributed by atoms with Crippen LogP contribution in [0.15, 0.2) is 24.3 Å². The molecule has 0 aliphatic carbocycles. The van der Waals surface area contributed by atoms with Crippen LogP contribution in [0.3, 0.4) is 0 Å². The van der Waals surface area contributed by atoms with Gasteiger partial charge in [-0.25, -0.2) is 0 Å². The minimum atomic E-state index is 0.735. The van der Waals surface area contributed by atoms with Crippen molar-refractivity contribution >= 4 is 11.6 Å². The van der Waals surface area contributed by atoms with Crippen molar-refractivity contribution in [2.45, 2.75) is 18.8 Å². The van der Waals surface area contributed by atoms with Crippen molar-refractivity contribution in [1.29, 1.82) is 0 Å². The average Bonchev–Trinajstić information content (AvgIpc) is 2.34. The van der Waals surface area contributed by atoms with Gasteiger partial charge in [0.15, 0.2) is 0 Å². The monoisotopic (exact) mass is 226 g/mol. The lowest BCUT2D eigenvalue weighted by atomic mass is 9.90. The van der Waals surface area contributed by atoms with Crippen LogP contribution in [0.4, 0.5) is 0 Å². The fraction of sp³-hybridized carbons (Fsp3) is 0.500. The van der Waals surface area contributed by atoms with Crippen molar-refractivity contribution in [2.24, 2.45) is 5.73 Å². The summed E-state index contributed by atoms with van der Waals surface area (Å²) in [4.78, 5) is 0. The van der Waals surface area contributed by atoms with Gasteiger partial charge in [-0.2, -0.15) is 0 Å². The molecule has 0 atom stereocenters. The van der Waals surface area contributed by atoms with E-state index >= 15 is 0 Å². The van der Waals surface area contributed by atoms with Crippen LogP contribution >= 0.6 is 11.6 Å². The third-order valence-corrected chi connectivity index (χ3v) is 2.93. The van der Waals surface area contributed by atoms with Crippen LogP contribution in [0.5, 0.6) is 0 Å². The molecule has 1 fully saturated rings. The predicted octanol–water partition coefficient (Wildman–Crippen LogP) is 2.38. The molecular formula is C12H19ClN2. The smallest absolute Gasteiger partial charge is 0.0406 e. The summed E-state index contributed by atoms with van der Waals surface area (Å²) in [7, 11) is 1.50. The van der Waals surface area contributed by atoms with Gasteiger partial charge < -0.3 is 11.1 Å². The van der Waals surface area contributed by atoms with E-state index in [2.05, 4.69) is 23.2 Å². The zero-order valence-corrected chi connectivity index (χ0v) is 9.93. The maximum absolute atomic E-state index is 5.84. The molecule has 0 saturated carbocycles. The van der Waals surface area contributed by atoms with Crippen LogP contribution in [-0.4, -0.2) is 20.1 Å². The Labute approximate surface area is 96.8 Å². The second-order valence-electron chi connectivity index (χ2n) is 3.58. The number of halogens is 1. The number of hydrogen-bond acceptors (Lipinski definition) is 2. The van der Waals surface area contributed by atoms with Gasteiger partial charge in [0.05, 0.1) is 0 Å². The SMILES string of the molecule is CN.Clc1ccc(C2CCNCC2)cc1. The van der Waals surface area contributed by atoms with E-state index in [1.807, 2.05) is 12.1 Å². The van der Waals surface area contributed by atoms with Gasteiger partial charge in [0.25, 0.3) is 0 Å². The lowest BCUT2D eigenvalue weighted by molar-refractivity contribution is 0.460. The molecule has 2 nitrogen and oxygen atoms in total. The number of benzene rings is 1. The Kier molecular flexibility index (Phi) is 5.69. The van der Waals surface area contributed by atoms with Gasteiger partial charge in [-0.3, -0.25) is 0 Å². The Hall–Kier alpha value is -0.570. The molecule has 0 bridgehead atoms. The maximum atomic E-state index is 5.84. The summed E-state index contributed by atoms with van der Waals surface area (Å²) in [6.07, 6.45) is 2.50. The van der Waals surface area contributed by atoms with E-state index in [1.165, 1.54) is 25.5 Å². The molecule has 2 rings (SSSR count). The van der Waals surface area contributed by atoms with Crippen LogP contribution in [0.2, 0.25) is 5.02 Å². The van der Waals surface area contributed by atoms with E-state index in [-0.39, 0.29) is 0 Å². The summed E-state index contributed by atoms with van der Waals surface area (Å²) in [5.41, 5.74) is 5.94. The minimum absolute atomic E-state index is 0.735. The molecule has 84 valence electrons. The molecule has 0 spiro atoms. The number of hydrogen-bond donors (Lipinski definition) is 2. The van der Waals surface area contributed by atoms with Gasteiger partial charge in [-0.15, -0.1) is 0 Å². The number of nitrogens with one attached hydrogen (secondary N) is 1. The predicted molar refractivity (Wildman–Crippen MR) is 66.4 cm³/mol. The summed E-state index contributed by atoms with van der Waals surface area (Å²) in [5, 5.41) is 4.20. The Balaban J connectivity index is 0.000000531. The molecule has 1 aromatic rings. The first-order chi connectivity index (χ1) is 7.36. The largest absolute Gasteiger partial charge is 0.333 e. The highest BCUT2D eigenvalue weighted by atomic mass is 35.5. The molecule has 3 heteroatoms. The van der Waals surface area contributed by atoms with E-state index in [4.69, 9.17) is 11.6 Å². The molecule has 1 aromatic carbocycles. The van der Waals surface area contributed by atoms with E-state index in [9.17, 15) is 0 Å². The summed E-state index contributed by atoms with van der Waals surface area (Å²) in [6, 6.07) is 8.27. The van der Waals surface area contributed by atoms with Gasteiger partial charge in [-0.1, -0.05) is 23.7 Å². The number of nitrogens with two attached hydrogens (primary N) is 1. The first-order valence-electron chi connectivity index (χ1n) is 5.40. The van der Waals surface area contributed by atoms with E-state index in [0.29, 0.717) is 0 Å². The molecule has 1 aliphatic rings. The van der Waals surface area contributed by atoms with Gasteiger partial charge in [0, 0.05) is 5.02 Å². The van der Waals surface area contributed by atoms with Crippen LogP contribution < -0.4 is 11.1 Å². The molecule has 0 unspecified atom stereocenters. The Bertz CT molecular complexity index is 265. The first kappa shape index (κ1) is 12.5. The number of rotatable bonds is 1. The molecule has 15 heavy (non-hydrogen) atoms. The molecule has 1 heterocycles. The van der Waals surface area contributed by atoms with Crippen molar-refractivity contribution in [2.75, 3.05) is 20.1 Å². The molecule has 0 amide bonds. The summed E-state index contributed by atoms with van der Waals surface area (Å²) < 4.78 is 0. The van der Waals surface area contributed by atoms with Gasteiger partial charge in [0.2, 0.25) is 0 Å². The highest BCUT2D eigenvalue weighted by Gasteiger charge is 2.14. The van der Waals surface area contributed by atoms with Crippen molar-refractivity contribution in [3.8, 4) is 0 Å². The van der Waals surface area contributed by atoms with Crippen LogP contribution in [-0.2, 0) is 0 Å². The van der Waals surface area contributed by atoms with E-state index < -0.39 is 0 Å². The lowest BCUT2D eigenvalue weighted by Crippen LogP contribution is -2.26. The van der Waals surface area contributed by atoms with E-state index in [1.54, 1.807) is 0 Å². The zero-order valence-electron chi connectivity index (χ0n) is 9.17. The molecule has 0 aromatic heterocycles. The van der Waals surface area contributed by atoms with Crippen molar-refractivity contribution < 1.29 is 0 Å². The summed E-state index contributed by atoms with van der Waals surface area (Å²) >= 11 is 5.84. The quantitative estimate of drug-likeness (QED) is 0.772. The van der Waals surface area contributed by atoms with Gasteiger partial charge in [-0.05, 0) is 56.6 Å². The normalized spacial score (nSPS) is 16.7. The minimum Gasteiger partial charge on any atom is -0.333 e. The highest BCUT2D eigenvalue weighted by molar-refractivity contribution is 6.30. The average molecular weight is 227 g/mol. The topological polar surface area (TPSA) is 38.0 Å². The Morgan fingerprint density at radius 3 is 2.20 bits per heavy atom. The summed E-state index contributed by atoms with van der Waals surface area (Å²) in [5.74, 6) is 0.735. The van der Waals surface area contributed by atoms with Gasteiger partial charge >= 0.3 is 0 Å². The molecular weight excluding hydrogens is 208 g/mol. The van der Waals surface area contributed by atoms with Crippen LogP contribution in [0.1, 0.15) is 24.3 Å². The van der Waals surface area contributed by atoms with Crippen LogP contribution in [0.25, 0.3) is 0 Å². The third kappa shape index (κ3) is 3.82. The third-order valence-electron chi connectivity index (χ3n) is 2.68. The second-order valence-corrected chi connectivity index (χ2v) is 4.01. The molecule has 3 N–H and O–H groups in total. The fourth-order valence-electron chi connectivity index (χ4n) is 1.89. The maximum Gasteiger partial charge on any atom is 0.0406 e. The van der Waals surface area contributed by atoms with Crippen molar-refractivity contribution in [3.05, 3.63) is 34.9 Å². The zero-order chi connectivity index (χ0) is 11.1. The van der Waals surface area contributed by atoms with Crippen molar-refractivity contribution in [3.63, 3.8) is 0 Å². The Morgan fingerprint density at radius 1 is 1.13 bits per heavy atom. The highest BCUT2D eigenvalue weighted by Crippen LogP contribution is 2.25. The van der Waals surface area contributed by atoms with E-state index in [0.717, 1.165) is 24.0 Å². The first-order valence-corrected chi connectivity index (χ1v) is 5.78. The van der Waals surface area contributed by atoms with Crippen molar-refractivity contribution in [1.82, 2.24) is 5.32 Å². The summed E-state index contributed by atoms with van der Waals surface area (Å²) in [6.45, 7) is 2.29. The van der Waals surface area contributed by atoms with Crippen LogP contribution in [0, 0.1) is 0 Å². The molecule has 0 radical (unpaired) electrons. The lowest BCUT2D eigenvalue weighted by Gasteiger charge is -2.22.